The van der Waals surface area contributed by atoms with Crippen LogP contribution in [-0.2, 0) is 0 Å². The van der Waals surface area contributed by atoms with Gasteiger partial charge in [0.2, 0.25) is 0 Å². The number of nitrogens with zero attached hydrogens (tertiary/aromatic N) is 1. The molecule has 2 nitrogen and oxygen atoms in total. The third-order valence-corrected chi connectivity index (χ3v) is 0.258. The summed E-state index contributed by atoms with van der Waals surface area (Å²) >= 11 is 0. The van der Waals surface area contributed by atoms with Crippen LogP contribution in [0.3, 0.4) is 0 Å². The normalized spacial score (nSPS) is 8.00. The van der Waals surface area contributed by atoms with Crippen LogP contribution in [0, 0.1) is 0 Å². The lowest BCUT2D eigenvalue weighted by atomic mass is 10.8. The van der Waals surface area contributed by atoms with Gasteiger partial charge in [-0.15, -0.1) is 0 Å². The standard InChI is InChI=1S/C3H7N.C2H7N/c1-3-4-2;1-2-3/h3H,1-2H3;2-3H2,1H3. The van der Waals surface area contributed by atoms with Crippen LogP contribution in [0.5, 0.6) is 0 Å². The van der Waals surface area contributed by atoms with Gasteiger partial charge in [-0.1, -0.05) is 6.92 Å². The van der Waals surface area contributed by atoms with E-state index < -0.39 is 0 Å². The van der Waals surface area contributed by atoms with Crippen LogP contribution in [-0.4, -0.2) is 19.8 Å². The van der Waals surface area contributed by atoms with E-state index in [1.54, 1.807) is 13.3 Å². The first-order valence-corrected chi connectivity index (χ1v) is 2.40. The van der Waals surface area contributed by atoms with Gasteiger partial charge in [0, 0.05) is 7.05 Å². The third kappa shape index (κ3) is 187. The van der Waals surface area contributed by atoms with E-state index in [2.05, 4.69) is 4.99 Å². The summed E-state index contributed by atoms with van der Waals surface area (Å²) in [5.41, 5.74) is 4.85. The molecule has 0 unspecified atom stereocenters. The maximum atomic E-state index is 4.85. The molecule has 0 aliphatic heterocycles. The largest absolute Gasteiger partial charge is 0.331 e. The molecule has 44 valence electrons. The van der Waals surface area contributed by atoms with Crippen LogP contribution in [0.4, 0.5) is 0 Å². The first kappa shape index (κ1) is 9.80. The van der Waals surface area contributed by atoms with Crippen LogP contribution in [0.2, 0.25) is 0 Å². The molecule has 0 fully saturated rings. The fourth-order valence-corrected chi connectivity index (χ4v) is 0. The van der Waals surface area contributed by atoms with Gasteiger partial charge in [0.1, 0.15) is 0 Å². The monoisotopic (exact) mass is 102 g/mol. The van der Waals surface area contributed by atoms with E-state index >= 15 is 0 Å². The molecule has 2 heteroatoms. The second-order valence-electron chi connectivity index (χ2n) is 0.925. The van der Waals surface area contributed by atoms with E-state index in [-0.39, 0.29) is 0 Å². The minimum atomic E-state index is 0.750. The smallest absolute Gasteiger partial charge is 0.0273 e. The molecule has 0 spiro atoms. The molecule has 0 aliphatic carbocycles. The molecular formula is C5H14N2. The number of aliphatic imine (C=N–C) groups is 1. The van der Waals surface area contributed by atoms with E-state index in [0.717, 1.165) is 6.54 Å². The average molecular weight is 102 g/mol. The zero-order chi connectivity index (χ0) is 6.12. The summed E-state index contributed by atoms with van der Waals surface area (Å²) in [5.74, 6) is 0. The summed E-state index contributed by atoms with van der Waals surface area (Å²) < 4.78 is 0. The van der Waals surface area contributed by atoms with E-state index in [9.17, 15) is 0 Å². The molecule has 0 aliphatic rings. The molecule has 7 heavy (non-hydrogen) atoms. The number of nitrogens with two attached hydrogens (primary N) is 1. The van der Waals surface area contributed by atoms with Crippen molar-refractivity contribution < 1.29 is 0 Å². The van der Waals surface area contributed by atoms with Crippen LogP contribution < -0.4 is 5.73 Å². The zero-order valence-corrected chi connectivity index (χ0v) is 5.31. The number of rotatable bonds is 0. The Labute approximate surface area is 45.4 Å². The van der Waals surface area contributed by atoms with Crippen molar-refractivity contribution in [2.75, 3.05) is 13.6 Å². The Morgan fingerprint density at radius 2 is 1.86 bits per heavy atom. The quantitative estimate of drug-likeness (QED) is 0.448. The SMILES string of the molecule is CC=NC.CCN. The summed E-state index contributed by atoms with van der Waals surface area (Å²) in [6.07, 6.45) is 1.75. The second-order valence-corrected chi connectivity index (χ2v) is 0.925. The molecule has 0 saturated heterocycles. The highest BCUT2D eigenvalue weighted by molar-refractivity contribution is 5.52. The summed E-state index contributed by atoms with van der Waals surface area (Å²) in [6, 6.07) is 0. The Balaban J connectivity index is 0. The maximum Gasteiger partial charge on any atom is 0.0273 e. The lowest BCUT2D eigenvalue weighted by molar-refractivity contribution is 1.14. The van der Waals surface area contributed by atoms with Crippen molar-refractivity contribution in [2.45, 2.75) is 13.8 Å². The van der Waals surface area contributed by atoms with Gasteiger partial charge in [-0.05, 0) is 19.7 Å². The molecular weight excluding hydrogens is 88.1 g/mol. The van der Waals surface area contributed by atoms with Crippen LogP contribution in [0.15, 0.2) is 4.99 Å². The van der Waals surface area contributed by atoms with Gasteiger partial charge in [-0.3, -0.25) is 0 Å². The van der Waals surface area contributed by atoms with Crippen molar-refractivity contribution in [3.63, 3.8) is 0 Å². The van der Waals surface area contributed by atoms with Gasteiger partial charge in [0.05, 0.1) is 0 Å². The Hall–Kier alpha value is -0.370. The van der Waals surface area contributed by atoms with Gasteiger partial charge >= 0.3 is 0 Å². The molecule has 0 aromatic carbocycles. The second kappa shape index (κ2) is 17.4. The van der Waals surface area contributed by atoms with Gasteiger partial charge < -0.3 is 10.7 Å². The van der Waals surface area contributed by atoms with Crippen molar-refractivity contribution in [3.05, 3.63) is 0 Å². The van der Waals surface area contributed by atoms with Crippen molar-refractivity contribution in [2.24, 2.45) is 10.7 Å². The van der Waals surface area contributed by atoms with Crippen LogP contribution >= 0.6 is 0 Å². The Morgan fingerprint density at radius 1 is 1.71 bits per heavy atom. The van der Waals surface area contributed by atoms with Crippen molar-refractivity contribution in [3.8, 4) is 0 Å². The Kier molecular flexibility index (Phi) is 24.4. The molecule has 0 amide bonds. The van der Waals surface area contributed by atoms with Gasteiger partial charge in [0.25, 0.3) is 0 Å². The van der Waals surface area contributed by atoms with E-state index in [0.29, 0.717) is 0 Å². The Morgan fingerprint density at radius 3 is 1.86 bits per heavy atom. The highest BCUT2D eigenvalue weighted by Gasteiger charge is 1.33. The van der Waals surface area contributed by atoms with Crippen LogP contribution in [0.25, 0.3) is 0 Å². The third-order valence-electron chi connectivity index (χ3n) is 0.258. The molecule has 0 atom stereocenters. The predicted molar refractivity (Wildman–Crippen MR) is 34.8 cm³/mol. The molecule has 0 radical (unpaired) electrons. The first-order valence-electron chi connectivity index (χ1n) is 2.40. The van der Waals surface area contributed by atoms with E-state index in [4.69, 9.17) is 5.73 Å². The summed E-state index contributed by atoms with van der Waals surface area (Å²) in [7, 11) is 1.75. The molecule has 0 saturated carbocycles. The van der Waals surface area contributed by atoms with Crippen molar-refractivity contribution >= 4 is 6.21 Å². The molecule has 0 heterocycles. The lowest BCUT2D eigenvalue weighted by Crippen LogP contribution is -1.87. The summed E-state index contributed by atoms with van der Waals surface area (Å²) in [4.78, 5) is 3.61. The fraction of sp³-hybridized carbons (Fsp3) is 0.800. The fourth-order valence-electron chi connectivity index (χ4n) is 0. The highest BCUT2D eigenvalue weighted by atomic mass is 14.6. The molecule has 0 bridgehead atoms. The van der Waals surface area contributed by atoms with Gasteiger partial charge in [-0.25, -0.2) is 0 Å². The summed E-state index contributed by atoms with van der Waals surface area (Å²) in [6.45, 7) is 4.54. The minimum Gasteiger partial charge on any atom is -0.331 e. The van der Waals surface area contributed by atoms with Crippen molar-refractivity contribution in [1.82, 2.24) is 0 Å². The first-order chi connectivity index (χ1) is 3.33. The van der Waals surface area contributed by atoms with Crippen molar-refractivity contribution in [1.29, 1.82) is 0 Å². The highest BCUT2D eigenvalue weighted by Crippen LogP contribution is 1.39. The minimum absolute atomic E-state index is 0.750. The zero-order valence-electron chi connectivity index (χ0n) is 5.31. The molecule has 0 aromatic rings. The summed E-state index contributed by atoms with van der Waals surface area (Å²) in [5, 5.41) is 0. The molecule has 2 N–H and O–H groups in total. The van der Waals surface area contributed by atoms with E-state index in [1.807, 2.05) is 13.8 Å². The predicted octanol–water partition coefficient (Wildman–Crippen LogP) is 0.672. The molecule has 0 rings (SSSR count). The Bertz CT molecular complexity index is 29.1. The lowest BCUT2D eigenvalue weighted by Gasteiger charge is -1.53. The van der Waals surface area contributed by atoms with Gasteiger partial charge in [0.15, 0.2) is 0 Å². The maximum absolute atomic E-state index is 4.85. The average Bonchev–Trinajstić information content (AvgIpc) is 1.69. The van der Waals surface area contributed by atoms with Crippen LogP contribution in [0.1, 0.15) is 13.8 Å². The topological polar surface area (TPSA) is 38.4 Å². The molecule has 0 aromatic heterocycles. The van der Waals surface area contributed by atoms with Gasteiger partial charge in [-0.2, -0.15) is 0 Å². The van der Waals surface area contributed by atoms with E-state index in [1.165, 1.54) is 0 Å². The number of hydrogen-bond acceptors (Lipinski definition) is 2. The number of hydrogen-bond donors (Lipinski definition) is 1.